The lowest BCUT2D eigenvalue weighted by molar-refractivity contribution is 0.00706. The Morgan fingerprint density at radius 2 is 1.96 bits per heavy atom. The fourth-order valence-electron chi connectivity index (χ4n) is 2.03. The van der Waals surface area contributed by atoms with Crippen LogP contribution >= 0.6 is 45.8 Å². The third-order valence-electron chi connectivity index (χ3n) is 3.43. The van der Waals surface area contributed by atoms with Gasteiger partial charge in [0.1, 0.15) is 5.82 Å². The highest BCUT2D eigenvalue weighted by Gasteiger charge is 2.17. The molecule has 0 heterocycles. The predicted octanol–water partition coefficient (Wildman–Crippen LogP) is 3.89. The van der Waals surface area contributed by atoms with Crippen LogP contribution in [0.25, 0.3) is 0 Å². The Kier molecular flexibility index (Phi) is 8.52. The summed E-state index contributed by atoms with van der Waals surface area (Å²) in [5.41, 5.74) is 2.86. The Morgan fingerprint density at radius 1 is 1.22 bits per heavy atom. The van der Waals surface area contributed by atoms with Gasteiger partial charge in [0.05, 0.1) is 46.3 Å². The van der Waals surface area contributed by atoms with E-state index in [0.717, 1.165) is 9.64 Å². The van der Waals surface area contributed by atoms with Crippen molar-refractivity contribution in [2.75, 3.05) is 18.5 Å². The normalized spacial score (nSPS) is 11.9. The van der Waals surface area contributed by atoms with Crippen LogP contribution in [0.3, 0.4) is 0 Å². The number of carbonyl (C=O) groups is 1. The highest BCUT2D eigenvalue weighted by atomic mass is 127. The first-order valence-corrected chi connectivity index (χ1v) is 9.57. The van der Waals surface area contributed by atoms with Crippen LogP contribution in [-0.2, 0) is 4.84 Å². The summed E-state index contributed by atoms with van der Waals surface area (Å²) in [6.07, 6.45) is -0.813. The summed E-state index contributed by atoms with van der Waals surface area (Å²) in [7, 11) is 0. The van der Waals surface area contributed by atoms with Gasteiger partial charge in [-0.3, -0.25) is 9.63 Å². The molecule has 1 amide bonds. The number of nitrogens with one attached hydrogen (secondary N) is 2. The minimum Gasteiger partial charge on any atom is -0.394 e. The maximum absolute atomic E-state index is 13.9. The van der Waals surface area contributed by atoms with Crippen molar-refractivity contribution < 1.29 is 24.2 Å². The van der Waals surface area contributed by atoms with Crippen LogP contribution in [0.2, 0.25) is 10.0 Å². The Hall–Kier alpha value is -1.17. The van der Waals surface area contributed by atoms with Crippen molar-refractivity contribution in [1.82, 2.24) is 5.48 Å². The molecule has 27 heavy (non-hydrogen) atoms. The van der Waals surface area contributed by atoms with E-state index in [2.05, 4.69) is 33.4 Å². The molecule has 2 rings (SSSR count). The van der Waals surface area contributed by atoms with E-state index in [0.29, 0.717) is 10.7 Å². The van der Waals surface area contributed by atoms with Gasteiger partial charge in [0.25, 0.3) is 5.91 Å². The molecule has 10 heteroatoms. The van der Waals surface area contributed by atoms with Crippen molar-refractivity contribution in [2.24, 2.45) is 0 Å². The van der Waals surface area contributed by atoms with Crippen molar-refractivity contribution in [3.05, 3.63) is 55.3 Å². The Bertz CT molecular complexity index is 826. The number of carbonyl (C=O) groups excluding carboxylic acids is 1. The Morgan fingerprint density at radius 3 is 2.63 bits per heavy atom. The lowest BCUT2D eigenvalue weighted by Gasteiger charge is -2.15. The first-order valence-electron chi connectivity index (χ1n) is 7.74. The van der Waals surface area contributed by atoms with Gasteiger partial charge in [-0.05, 0) is 52.9 Å². The summed E-state index contributed by atoms with van der Waals surface area (Å²) in [6.45, 7) is -0.427. The molecule has 0 aromatic heterocycles. The molecule has 0 aliphatic heterocycles. The molecular formula is C17H16Cl2FIN2O4. The number of rotatable bonds is 8. The van der Waals surface area contributed by atoms with Crippen LogP contribution in [-0.4, -0.2) is 35.4 Å². The van der Waals surface area contributed by atoms with Crippen LogP contribution in [0.4, 0.5) is 15.8 Å². The molecule has 0 aliphatic rings. The van der Waals surface area contributed by atoms with E-state index < -0.39 is 24.4 Å². The van der Waals surface area contributed by atoms with Gasteiger partial charge in [0.2, 0.25) is 0 Å². The Balaban J connectivity index is 2.17. The van der Waals surface area contributed by atoms with E-state index >= 15 is 0 Å². The summed E-state index contributed by atoms with van der Waals surface area (Å²) < 4.78 is 14.8. The molecule has 0 bridgehead atoms. The minimum atomic E-state index is -0.942. The van der Waals surface area contributed by atoms with Crippen molar-refractivity contribution in [3.8, 4) is 0 Å². The second-order valence-electron chi connectivity index (χ2n) is 5.47. The number of aliphatic hydroxyl groups is 2. The smallest absolute Gasteiger partial charge is 0.277 e. The second-order valence-corrected chi connectivity index (χ2v) is 7.53. The summed E-state index contributed by atoms with van der Waals surface area (Å²) in [6, 6.07) is 7.47. The third kappa shape index (κ3) is 6.44. The van der Waals surface area contributed by atoms with Crippen LogP contribution in [0.5, 0.6) is 0 Å². The molecule has 2 aromatic carbocycles. The number of benzene rings is 2. The van der Waals surface area contributed by atoms with E-state index in [1.54, 1.807) is 18.2 Å². The van der Waals surface area contributed by atoms with Gasteiger partial charge in [-0.25, -0.2) is 9.87 Å². The standard InChI is InChI=1S/C17H16Cl2FIN2O4/c18-12-6-11(17(26)23-27-4-3-10(25)8-24)16(7-14(12)20)22-15-2-1-9(21)5-13(15)19/h1-2,5-7,10,22,24-25H,3-4,8H2,(H,23,26). The van der Waals surface area contributed by atoms with Gasteiger partial charge < -0.3 is 15.5 Å². The van der Waals surface area contributed by atoms with Gasteiger partial charge in [-0.2, -0.15) is 0 Å². The van der Waals surface area contributed by atoms with Crippen LogP contribution < -0.4 is 10.8 Å². The van der Waals surface area contributed by atoms with E-state index in [4.69, 9.17) is 33.1 Å². The molecule has 0 fully saturated rings. The summed E-state index contributed by atoms with van der Waals surface area (Å²) in [5.74, 6) is -1.37. The fourth-order valence-corrected chi connectivity index (χ4v) is 3.10. The van der Waals surface area contributed by atoms with Crippen molar-refractivity contribution in [1.29, 1.82) is 0 Å². The molecule has 0 spiro atoms. The highest BCUT2D eigenvalue weighted by molar-refractivity contribution is 14.1. The molecule has 2 aromatic rings. The maximum atomic E-state index is 13.9. The van der Waals surface area contributed by atoms with Crippen molar-refractivity contribution in [2.45, 2.75) is 12.5 Å². The fraction of sp³-hybridized carbons (Fsp3) is 0.235. The van der Waals surface area contributed by atoms with Crippen molar-refractivity contribution >= 4 is 63.1 Å². The maximum Gasteiger partial charge on any atom is 0.277 e. The van der Waals surface area contributed by atoms with Crippen molar-refractivity contribution in [3.63, 3.8) is 0 Å². The quantitative estimate of drug-likeness (QED) is 0.237. The average Bonchev–Trinajstić information content (AvgIpc) is 2.63. The minimum absolute atomic E-state index is 0.0197. The molecule has 1 atom stereocenters. The van der Waals surface area contributed by atoms with E-state index in [1.807, 2.05) is 0 Å². The molecule has 0 saturated heterocycles. The van der Waals surface area contributed by atoms with E-state index in [-0.39, 0.29) is 29.3 Å². The third-order valence-corrected chi connectivity index (χ3v) is 4.71. The van der Waals surface area contributed by atoms with Crippen LogP contribution in [0.1, 0.15) is 16.8 Å². The van der Waals surface area contributed by atoms with Gasteiger partial charge in [-0.1, -0.05) is 23.2 Å². The monoisotopic (exact) mass is 528 g/mol. The summed E-state index contributed by atoms with van der Waals surface area (Å²) >= 11 is 14.1. The largest absolute Gasteiger partial charge is 0.394 e. The number of amides is 1. The number of halogens is 4. The van der Waals surface area contributed by atoms with E-state index in [1.165, 1.54) is 6.07 Å². The zero-order valence-corrected chi connectivity index (χ0v) is 17.5. The first-order chi connectivity index (χ1) is 12.8. The van der Waals surface area contributed by atoms with Gasteiger partial charge in [0.15, 0.2) is 0 Å². The number of aliphatic hydroxyl groups excluding tert-OH is 2. The molecular weight excluding hydrogens is 513 g/mol. The first kappa shape index (κ1) is 22.1. The van der Waals surface area contributed by atoms with Gasteiger partial charge in [-0.15, -0.1) is 0 Å². The average molecular weight is 529 g/mol. The summed E-state index contributed by atoms with van der Waals surface area (Å²) in [4.78, 5) is 17.3. The molecule has 0 aliphatic carbocycles. The SMILES string of the molecule is O=C(NOCCC(O)CO)c1cc(Cl)c(F)cc1Nc1ccc(I)cc1Cl. The molecule has 6 nitrogen and oxygen atoms in total. The molecule has 0 radical (unpaired) electrons. The highest BCUT2D eigenvalue weighted by Crippen LogP contribution is 2.31. The lowest BCUT2D eigenvalue weighted by atomic mass is 10.1. The Labute approximate surface area is 178 Å². The molecule has 0 saturated carbocycles. The number of hydrogen-bond donors (Lipinski definition) is 4. The molecule has 4 N–H and O–H groups in total. The van der Waals surface area contributed by atoms with Gasteiger partial charge in [0, 0.05) is 9.99 Å². The van der Waals surface area contributed by atoms with Crippen LogP contribution in [0, 0.1) is 9.39 Å². The number of anilines is 2. The van der Waals surface area contributed by atoms with Crippen LogP contribution in [0.15, 0.2) is 30.3 Å². The topological polar surface area (TPSA) is 90.8 Å². The zero-order chi connectivity index (χ0) is 20.0. The second kappa shape index (κ2) is 10.4. The number of hydroxylamine groups is 1. The van der Waals surface area contributed by atoms with Gasteiger partial charge >= 0.3 is 0 Å². The molecule has 146 valence electrons. The predicted molar refractivity (Wildman–Crippen MR) is 110 cm³/mol. The van der Waals surface area contributed by atoms with E-state index in [9.17, 15) is 14.3 Å². The number of hydrogen-bond acceptors (Lipinski definition) is 5. The summed E-state index contributed by atoms with van der Waals surface area (Å²) in [5, 5.41) is 21.1. The lowest BCUT2D eigenvalue weighted by Crippen LogP contribution is -2.27. The zero-order valence-electron chi connectivity index (χ0n) is 13.8. The molecule has 1 unspecified atom stereocenters.